The van der Waals surface area contributed by atoms with E-state index in [4.69, 9.17) is 0 Å². The molecule has 86 valence electrons. The lowest BCUT2D eigenvalue weighted by Gasteiger charge is -2.25. The van der Waals surface area contributed by atoms with Gasteiger partial charge in [-0.3, -0.25) is 4.98 Å². The fourth-order valence-electron chi connectivity index (χ4n) is 3.17. The van der Waals surface area contributed by atoms with Gasteiger partial charge in [-0.15, -0.1) is 0 Å². The van der Waals surface area contributed by atoms with Crippen molar-refractivity contribution in [3.8, 4) is 0 Å². The first-order valence-corrected chi connectivity index (χ1v) is 6.60. The van der Waals surface area contributed by atoms with Gasteiger partial charge in [0.2, 0.25) is 0 Å². The Bertz CT molecular complexity index is 329. The average molecular weight is 216 g/mol. The second-order valence-electron chi connectivity index (χ2n) is 5.08. The van der Waals surface area contributed by atoms with Gasteiger partial charge >= 0.3 is 0 Å². The van der Waals surface area contributed by atoms with Gasteiger partial charge < -0.3 is 4.90 Å². The van der Waals surface area contributed by atoms with Crippen LogP contribution < -0.4 is 0 Å². The lowest BCUT2D eigenvalue weighted by Crippen LogP contribution is -2.32. The number of aromatic nitrogens is 1. The molecule has 1 aromatic heterocycles. The van der Waals surface area contributed by atoms with Crippen molar-refractivity contribution in [1.82, 2.24) is 9.88 Å². The zero-order valence-corrected chi connectivity index (χ0v) is 9.86. The summed E-state index contributed by atoms with van der Waals surface area (Å²) in [7, 11) is 0. The first-order valence-electron chi connectivity index (χ1n) is 6.60. The Kier molecular flexibility index (Phi) is 2.92. The number of aryl methyl sites for hydroxylation is 2. The highest BCUT2D eigenvalue weighted by atomic mass is 15.2. The molecule has 1 aliphatic heterocycles. The monoisotopic (exact) mass is 216 g/mol. The van der Waals surface area contributed by atoms with E-state index >= 15 is 0 Å². The molecule has 0 saturated carbocycles. The molecule has 2 aliphatic rings. The van der Waals surface area contributed by atoms with Gasteiger partial charge in [-0.2, -0.15) is 0 Å². The van der Waals surface area contributed by atoms with Crippen LogP contribution in [0.25, 0.3) is 0 Å². The van der Waals surface area contributed by atoms with Crippen LogP contribution in [0.1, 0.15) is 36.9 Å². The van der Waals surface area contributed by atoms with Crippen molar-refractivity contribution in [1.29, 1.82) is 0 Å². The van der Waals surface area contributed by atoms with Gasteiger partial charge in [-0.1, -0.05) is 6.07 Å². The third kappa shape index (κ3) is 1.99. The van der Waals surface area contributed by atoms with Crippen LogP contribution in [-0.2, 0) is 12.8 Å². The molecule has 1 aliphatic carbocycles. The summed E-state index contributed by atoms with van der Waals surface area (Å²) < 4.78 is 0. The van der Waals surface area contributed by atoms with Crippen LogP contribution >= 0.6 is 0 Å². The standard InChI is InChI=1S/C14H20N2/c1-2-11-16(10-1)13-6-5-12-4-3-9-15-14(12)8-7-13/h3-4,9,13H,1-2,5-8,10-11H2/t13-/m0/s1. The first kappa shape index (κ1) is 10.3. The fraction of sp³-hybridized carbons (Fsp3) is 0.643. The van der Waals surface area contributed by atoms with Crippen molar-refractivity contribution in [2.45, 2.75) is 44.6 Å². The molecule has 1 fully saturated rings. The van der Waals surface area contributed by atoms with Crippen molar-refractivity contribution < 1.29 is 0 Å². The van der Waals surface area contributed by atoms with Gasteiger partial charge in [0, 0.05) is 17.9 Å². The summed E-state index contributed by atoms with van der Waals surface area (Å²) in [6.07, 6.45) is 9.79. The highest BCUT2D eigenvalue weighted by Crippen LogP contribution is 2.24. The normalized spacial score (nSPS) is 26.4. The molecule has 2 heteroatoms. The van der Waals surface area contributed by atoms with Crippen molar-refractivity contribution >= 4 is 0 Å². The Morgan fingerprint density at radius 3 is 2.81 bits per heavy atom. The third-order valence-electron chi connectivity index (χ3n) is 4.10. The number of fused-ring (bicyclic) bond motifs is 1. The molecule has 2 heterocycles. The number of hydrogen-bond acceptors (Lipinski definition) is 2. The highest BCUT2D eigenvalue weighted by Gasteiger charge is 2.24. The molecule has 0 N–H and O–H groups in total. The summed E-state index contributed by atoms with van der Waals surface area (Å²) in [5.74, 6) is 0. The maximum Gasteiger partial charge on any atom is 0.0436 e. The SMILES string of the molecule is c1cnc2c(c1)CC[C@H](N1CCCC1)CC2. The van der Waals surface area contributed by atoms with Crippen molar-refractivity contribution in [3.05, 3.63) is 29.6 Å². The van der Waals surface area contributed by atoms with E-state index in [1.54, 1.807) is 0 Å². The molecule has 0 aromatic carbocycles. The van der Waals surface area contributed by atoms with Crippen molar-refractivity contribution in [2.24, 2.45) is 0 Å². The van der Waals surface area contributed by atoms with Crippen LogP contribution in [0.2, 0.25) is 0 Å². The molecule has 1 saturated heterocycles. The maximum atomic E-state index is 4.52. The van der Waals surface area contributed by atoms with Crippen molar-refractivity contribution in [3.63, 3.8) is 0 Å². The molecule has 1 aromatic rings. The molecule has 3 rings (SSSR count). The summed E-state index contributed by atoms with van der Waals surface area (Å²) in [5.41, 5.74) is 2.84. The Morgan fingerprint density at radius 1 is 1.12 bits per heavy atom. The smallest absolute Gasteiger partial charge is 0.0436 e. The molecule has 0 amide bonds. The van der Waals surface area contributed by atoms with Crippen LogP contribution in [0.15, 0.2) is 18.3 Å². The van der Waals surface area contributed by atoms with E-state index in [2.05, 4.69) is 22.0 Å². The quantitative estimate of drug-likeness (QED) is 0.670. The lowest BCUT2D eigenvalue weighted by atomic mass is 10.1. The summed E-state index contributed by atoms with van der Waals surface area (Å²) >= 11 is 0. The number of rotatable bonds is 1. The van der Waals surface area contributed by atoms with Crippen LogP contribution in [-0.4, -0.2) is 29.0 Å². The van der Waals surface area contributed by atoms with Gasteiger partial charge in [0.25, 0.3) is 0 Å². The van der Waals surface area contributed by atoms with Gasteiger partial charge in [-0.05, 0) is 63.2 Å². The van der Waals surface area contributed by atoms with E-state index in [0.717, 1.165) is 6.04 Å². The Hall–Kier alpha value is -0.890. The third-order valence-corrected chi connectivity index (χ3v) is 4.10. The number of likely N-dealkylation sites (tertiary alicyclic amines) is 1. The van der Waals surface area contributed by atoms with E-state index in [0.29, 0.717) is 0 Å². The molecular formula is C14H20N2. The Balaban J connectivity index is 1.71. The summed E-state index contributed by atoms with van der Waals surface area (Å²) in [6, 6.07) is 5.15. The topological polar surface area (TPSA) is 16.1 Å². The molecule has 0 unspecified atom stereocenters. The zero-order chi connectivity index (χ0) is 10.8. The molecular weight excluding hydrogens is 196 g/mol. The van der Waals surface area contributed by atoms with Gasteiger partial charge in [0.15, 0.2) is 0 Å². The number of nitrogens with zero attached hydrogens (tertiary/aromatic N) is 2. The van der Waals surface area contributed by atoms with E-state index in [1.807, 2.05) is 6.20 Å². The van der Waals surface area contributed by atoms with E-state index in [9.17, 15) is 0 Å². The predicted octanol–water partition coefficient (Wildman–Crippen LogP) is 2.42. The molecule has 16 heavy (non-hydrogen) atoms. The minimum atomic E-state index is 0.816. The lowest BCUT2D eigenvalue weighted by molar-refractivity contribution is 0.222. The second kappa shape index (κ2) is 4.54. The Morgan fingerprint density at radius 2 is 1.94 bits per heavy atom. The van der Waals surface area contributed by atoms with Gasteiger partial charge in [0.1, 0.15) is 0 Å². The minimum absolute atomic E-state index is 0.816. The van der Waals surface area contributed by atoms with Crippen LogP contribution in [0.4, 0.5) is 0 Å². The highest BCUT2D eigenvalue weighted by molar-refractivity contribution is 5.21. The van der Waals surface area contributed by atoms with Crippen LogP contribution in [0, 0.1) is 0 Å². The number of hydrogen-bond donors (Lipinski definition) is 0. The van der Waals surface area contributed by atoms with E-state index < -0.39 is 0 Å². The van der Waals surface area contributed by atoms with Gasteiger partial charge in [-0.25, -0.2) is 0 Å². The molecule has 1 atom stereocenters. The molecule has 2 nitrogen and oxygen atoms in total. The first-order chi connectivity index (χ1) is 7.93. The predicted molar refractivity (Wildman–Crippen MR) is 65.5 cm³/mol. The van der Waals surface area contributed by atoms with E-state index in [-0.39, 0.29) is 0 Å². The van der Waals surface area contributed by atoms with Gasteiger partial charge in [0.05, 0.1) is 0 Å². The Labute approximate surface area is 97.7 Å². The fourth-order valence-corrected chi connectivity index (χ4v) is 3.17. The summed E-state index contributed by atoms with van der Waals surface area (Å²) in [4.78, 5) is 7.22. The molecule has 0 bridgehead atoms. The van der Waals surface area contributed by atoms with Crippen LogP contribution in [0.3, 0.4) is 0 Å². The summed E-state index contributed by atoms with van der Waals surface area (Å²) in [5, 5.41) is 0. The second-order valence-corrected chi connectivity index (χ2v) is 5.08. The average Bonchev–Trinajstić information content (AvgIpc) is 2.76. The summed E-state index contributed by atoms with van der Waals surface area (Å²) in [6.45, 7) is 2.66. The molecule has 0 radical (unpaired) electrons. The molecule has 0 spiro atoms. The zero-order valence-electron chi connectivity index (χ0n) is 9.86. The maximum absolute atomic E-state index is 4.52. The van der Waals surface area contributed by atoms with Crippen molar-refractivity contribution in [2.75, 3.05) is 13.1 Å². The number of pyridine rings is 1. The largest absolute Gasteiger partial charge is 0.300 e. The van der Waals surface area contributed by atoms with Crippen LogP contribution in [0.5, 0.6) is 0 Å². The minimum Gasteiger partial charge on any atom is -0.300 e. The van der Waals surface area contributed by atoms with E-state index in [1.165, 1.54) is 62.9 Å².